The zero-order valence-corrected chi connectivity index (χ0v) is 19.5. The first-order chi connectivity index (χ1) is 16.9. The first-order valence-corrected chi connectivity index (χ1v) is 11.4. The molecule has 1 aliphatic heterocycles. The smallest absolute Gasteiger partial charge is 0.229 e. The number of hydrogen-bond acceptors (Lipinski definition) is 7. The van der Waals surface area contributed by atoms with Gasteiger partial charge in [-0.3, -0.25) is 9.25 Å². The number of nitrogens with zero attached hydrogens (tertiary/aromatic N) is 5. The van der Waals surface area contributed by atoms with E-state index in [1.54, 1.807) is 16.8 Å². The lowest BCUT2D eigenvalue weighted by Gasteiger charge is -2.27. The van der Waals surface area contributed by atoms with Crippen molar-refractivity contribution in [3.05, 3.63) is 77.0 Å². The van der Waals surface area contributed by atoms with Crippen molar-refractivity contribution in [2.45, 2.75) is 39.1 Å². The molecule has 5 rings (SSSR count). The van der Waals surface area contributed by atoms with Crippen LogP contribution >= 0.6 is 0 Å². The molecule has 0 spiro atoms. The van der Waals surface area contributed by atoms with Gasteiger partial charge in [-0.25, -0.2) is 4.39 Å². The Labute approximate surface area is 201 Å². The first-order valence-electron chi connectivity index (χ1n) is 11.4. The van der Waals surface area contributed by atoms with Crippen molar-refractivity contribution in [1.29, 1.82) is 0 Å². The van der Waals surface area contributed by atoms with Crippen LogP contribution in [0, 0.1) is 19.7 Å². The number of rotatable bonds is 7. The predicted molar refractivity (Wildman–Crippen MR) is 128 cm³/mol. The number of hydrogen-bond donors (Lipinski definition) is 3. The number of anilines is 2. The molecule has 0 bridgehead atoms. The largest absolute Gasteiger partial charge is 0.394 e. The summed E-state index contributed by atoms with van der Waals surface area (Å²) in [7, 11) is 0. The summed E-state index contributed by atoms with van der Waals surface area (Å²) in [5.41, 5.74) is 5.32. The van der Waals surface area contributed by atoms with Crippen molar-refractivity contribution in [1.82, 2.24) is 24.5 Å². The summed E-state index contributed by atoms with van der Waals surface area (Å²) in [6.45, 7) is 4.59. The van der Waals surface area contributed by atoms with Crippen molar-refractivity contribution in [2.24, 2.45) is 0 Å². The molecule has 2 aromatic heterocycles. The van der Waals surface area contributed by atoms with Crippen LogP contribution in [0.5, 0.6) is 0 Å². The second-order valence-electron chi connectivity index (χ2n) is 8.74. The third kappa shape index (κ3) is 4.68. The molecule has 0 saturated carbocycles. The molecule has 2 atom stereocenters. The quantitative estimate of drug-likeness (QED) is 0.374. The molecule has 9 nitrogen and oxygen atoms in total. The van der Waals surface area contributed by atoms with Crippen LogP contribution in [0.3, 0.4) is 0 Å². The number of nitrogens with one attached hydrogen (secondary N) is 1. The lowest BCUT2D eigenvalue weighted by molar-refractivity contribution is 0.0670. The summed E-state index contributed by atoms with van der Waals surface area (Å²) in [6, 6.07) is 14.1. The average Bonchev–Trinajstić information content (AvgIpc) is 3.44. The maximum Gasteiger partial charge on any atom is 0.229 e. The number of aromatic nitrogens is 5. The monoisotopic (exact) mass is 478 g/mol. The van der Waals surface area contributed by atoms with Gasteiger partial charge in [0.25, 0.3) is 0 Å². The van der Waals surface area contributed by atoms with Gasteiger partial charge in [-0.2, -0.15) is 5.10 Å². The number of aliphatic hydroxyl groups excluding tert-OH is 2. The highest BCUT2D eigenvalue weighted by atomic mass is 19.1. The van der Waals surface area contributed by atoms with E-state index in [4.69, 9.17) is 9.84 Å². The molecule has 35 heavy (non-hydrogen) atoms. The molecule has 3 N–H and O–H groups in total. The van der Waals surface area contributed by atoms with Crippen molar-refractivity contribution in [3.63, 3.8) is 0 Å². The summed E-state index contributed by atoms with van der Waals surface area (Å²) in [5.74, 6) is 0.980. The van der Waals surface area contributed by atoms with Gasteiger partial charge in [0.05, 0.1) is 37.6 Å². The van der Waals surface area contributed by atoms with E-state index in [9.17, 15) is 9.50 Å². The Hall–Kier alpha value is -3.60. The summed E-state index contributed by atoms with van der Waals surface area (Å²) >= 11 is 0. The van der Waals surface area contributed by atoms with Crippen molar-refractivity contribution in [3.8, 4) is 11.3 Å². The van der Waals surface area contributed by atoms with Crippen LogP contribution < -0.4 is 5.32 Å². The highest BCUT2D eigenvalue weighted by Crippen LogP contribution is 2.32. The number of ether oxygens (including phenoxy) is 1. The summed E-state index contributed by atoms with van der Waals surface area (Å²) < 4.78 is 22.9. The molecular formula is C25H27FN6O3. The normalized spacial score (nSPS) is 16.2. The van der Waals surface area contributed by atoms with Crippen LogP contribution in [0.4, 0.5) is 16.0 Å². The number of benzene rings is 2. The minimum absolute atomic E-state index is 0.184. The predicted octanol–water partition coefficient (Wildman–Crippen LogP) is 3.11. The second kappa shape index (κ2) is 9.57. The maximum atomic E-state index is 13.5. The SMILES string of the molecule is Cc1ccc(-c2cc(C)n(C[C@H](O)CO)n2)cc1Nc1nnc2n1[C@H](c1ccc(F)cc1)COC2. The topological polar surface area (TPSA) is 110 Å². The van der Waals surface area contributed by atoms with Gasteiger partial charge in [-0.15, -0.1) is 10.2 Å². The molecule has 1 aliphatic rings. The fourth-order valence-electron chi connectivity index (χ4n) is 4.23. The molecule has 0 aliphatic carbocycles. The Balaban J connectivity index is 1.45. The first kappa shape index (κ1) is 23.2. The van der Waals surface area contributed by atoms with Crippen molar-refractivity contribution in [2.75, 3.05) is 18.5 Å². The van der Waals surface area contributed by atoms with E-state index in [-0.39, 0.29) is 25.0 Å². The molecule has 0 unspecified atom stereocenters. The van der Waals surface area contributed by atoms with Gasteiger partial charge in [-0.05, 0) is 49.2 Å². The van der Waals surface area contributed by atoms with Crippen LogP contribution in [0.25, 0.3) is 11.3 Å². The number of aliphatic hydroxyl groups is 2. The van der Waals surface area contributed by atoms with Gasteiger partial charge in [0.2, 0.25) is 5.95 Å². The third-order valence-electron chi connectivity index (χ3n) is 6.20. The van der Waals surface area contributed by atoms with Gasteiger partial charge in [0.15, 0.2) is 5.82 Å². The van der Waals surface area contributed by atoms with E-state index < -0.39 is 6.10 Å². The molecule has 0 amide bonds. The maximum absolute atomic E-state index is 13.5. The lowest BCUT2D eigenvalue weighted by Crippen LogP contribution is -2.25. The fraction of sp³-hybridized carbons (Fsp3) is 0.320. The Morgan fingerprint density at radius 1 is 1.14 bits per heavy atom. The van der Waals surface area contributed by atoms with E-state index in [0.29, 0.717) is 25.0 Å². The molecule has 0 fully saturated rings. The highest BCUT2D eigenvalue weighted by Gasteiger charge is 2.27. The Morgan fingerprint density at radius 3 is 2.71 bits per heavy atom. The van der Waals surface area contributed by atoms with Crippen molar-refractivity contribution >= 4 is 11.6 Å². The fourth-order valence-corrected chi connectivity index (χ4v) is 4.23. The third-order valence-corrected chi connectivity index (χ3v) is 6.20. The zero-order valence-electron chi connectivity index (χ0n) is 19.5. The van der Waals surface area contributed by atoms with E-state index in [0.717, 1.165) is 33.8 Å². The van der Waals surface area contributed by atoms with Crippen LogP contribution in [-0.4, -0.2) is 54.1 Å². The summed E-state index contributed by atoms with van der Waals surface area (Å²) in [5, 5.41) is 35.6. The summed E-state index contributed by atoms with van der Waals surface area (Å²) in [4.78, 5) is 0. The van der Waals surface area contributed by atoms with Gasteiger partial charge in [0, 0.05) is 16.9 Å². The average molecular weight is 479 g/mol. The zero-order chi connectivity index (χ0) is 24.5. The van der Waals surface area contributed by atoms with Crippen LogP contribution in [0.2, 0.25) is 0 Å². The molecule has 0 radical (unpaired) electrons. The molecule has 0 saturated heterocycles. The highest BCUT2D eigenvalue weighted by molar-refractivity contribution is 5.70. The molecule has 2 aromatic carbocycles. The van der Waals surface area contributed by atoms with Crippen LogP contribution in [0.15, 0.2) is 48.5 Å². The van der Waals surface area contributed by atoms with Crippen LogP contribution in [0.1, 0.15) is 28.7 Å². The van der Waals surface area contributed by atoms with Crippen molar-refractivity contribution < 1.29 is 19.3 Å². The van der Waals surface area contributed by atoms with E-state index in [1.165, 1.54) is 12.1 Å². The number of aryl methyl sites for hydroxylation is 2. The Kier molecular flexibility index (Phi) is 6.33. The van der Waals surface area contributed by atoms with Gasteiger partial charge < -0.3 is 20.3 Å². The van der Waals surface area contributed by atoms with E-state index in [2.05, 4.69) is 20.6 Å². The second-order valence-corrected chi connectivity index (χ2v) is 8.74. The Morgan fingerprint density at radius 2 is 1.94 bits per heavy atom. The summed E-state index contributed by atoms with van der Waals surface area (Å²) in [6.07, 6.45) is -0.867. The molecule has 3 heterocycles. The number of halogens is 1. The van der Waals surface area contributed by atoms with Gasteiger partial charge in [0.1, 0.15) is 12.4 Å². The molecule has 182 valence electrons. The van der Waals surface area contributed by atoms with E-state index >= 15 is 0 Å². The van der Waals surface area contributed by atoms with Gasteiger partial charge in [-0.1, -0.05) is 24.3 Å². The van der Waals surface area contributed by atoms with E-state index in [1.807, 2.05) is 42.7 Å². The Bertz CT molecular complexity index is 1330. The molecule has 4 aromatic rings. The van der Waals surface area contributed by atoms with Gasteiger partial charge >= 0.3 is 0 Å². The molecule has 10 heteroatoms. The number of fused-ring (bicyclic) bond motifs is 1. The van der Waals surface area contributed by atoms with Crippen LogP contribution in [-0.2, 0) is 17.9 Å². The molecular weight excluding hydrogens is 451 g/mol. The lowest BCUT2D eigenvalue weighted by atomic mass is 10.1. The minimum atomic E-state index is -0.867. The minimum Gasteiger partial charge on any atom is -0.394 e. The standard InChI is InChI=1S/C25H27FN6O3/c1-15-3-4-18(22-9-16(2)31(30-22)11-20(34)12-33)10-21(15)27-25-29-28-24-14-35-13-23(32(24)25)17-5-7-19(26)8-6-17/h3-10,20,23,33-34H,11-14H2,1-2H3,(H,27,29)/t20-,23-/m0/s1.